The molecule has 1 saturated carbocycles. The number of nitrogens with one attached hydrogen (secondary N) is 1. The fraction of sp³-hybridized carbons (Fsp3) is 0.846. The van der Waals surface area contributed by atoms with E-state index in [2.05, 4.69) is 19.6 Å². The Labute approximate surface area is 112 Å². The second-order valence-corrected chi connectivity index (χ2v) is 6.68. The molecule has 5 heteroatoms. The molecule has 2 atom stereocenters. The summed E-state index contributed by atoms with van der Waals surface area (Å²) in [4.78, 5) is 7.30. The van der Waals surface area contributed by atoms with E-state index in [1.807, 2.05) is 0 Å². The van der Waals surface area contributed by atoms with Gasteiger partial charge in [-0.3, -0.25) is 0 Å². The Bertz CT molecular complexity index is 428. The molecular formula is C13H20N4S. The van der Waals surface area contributed by atoms with Gasteiger partial charge in [0.15, 0.2) is 0 Å². The Morgan fingerprint density at radius 2 is 2.11 bits per heavy atom. The van der Waals surface area contributed by atoms with Crippen molar-refractivity contribution in [2.24, 2.45) is 0 Å². The molecule has 1 aromatic rings. The highest BCUT2D eigenvalue weighted by molar-refractivity contribution is 7.09. The Morgan fingerprint density at radius 3 is 3.00 bits per heavy atom. The van der Waals surface area contributed by atoms with Gasteiger partial charge in [-0.05, 0) is 45.1 Å². The molecule has 0 spiro atoms. The van der Waals surface area contributed by atoms with Crippen LogP contribution < -0.4 is 5.32 Å². The van der Waals surface area contributed by atoms with Crippen molar-refractivity contribution in [2.75, 3.05) is 18.4 Å². The maximum absolute atomic E-state index is 4.63. The number of aromatic nitrogens is 2. The zero-order valence-corrected chi connectivity index (χ0v) is 11.5. The molecule has 4 rings (SSSR count). The van der Waals surface area contributed by atoms with E-state index >= 15 is 0 Å². The number of hydrogen-bond donors (Lipinski definition) is 1. The van der Waals surface area contributed by atoms with E-state index in [-0.39, 0.29) is 0 Å². The monoisotopic (exact) mass is 264 g/mol. The van der Waals surface area contributed by atoms with E-state index in [0.717, 1.165) is 17.0 Å². The molecule has 1 aromatic heterocycles. The zero-order valence-electron chi connectivity index (χ0n) is 10.6. The largest absolute Gasteiger partial charge is 0.357 e. The lowest BCUT2D eigenvalue weighted by molar-refractivity contribution is 0.188. The summed E-state index contributed by atoms with van der Waals surface area (Å²) in [5.74, 6) is 1.76. The Hall–Kier alpha value is -0.680. The summed E-state index contributed by atoms with van der Waals surface area (Å²) in [5, 5.41) is 4.66. The summed E-state index contributed by atoms with van der Waals surface area (Å²) >= 11 is 1.55. The first-order valence-electron chi connectivity index (χ1n) is 7.23. The highest BCUT2D eigenvalue weighted by atomic mass is 32.1. The topological polar surface area (TPSA) is 41.1 Å². The first kappa shape index (κ1) is 11.2. The first-order chi connectivity index (χ1) is 8.88. The van der Waals surface area contributed by atoms with Crippen molar-refractivity contribution < 1.29 is 0 Å². The third-order valence-corrected chi connectivity index (χ3v) is 5.19. The summed E-state index contributed by atoms with van der Waals surface area (Å²) in [7, 11) is 0. The Balaban J connectivity index is 1.38. The fourth-order valence-electron chi connectivity index (χ4n) is 3.33. The average molecular weight is 264 g/mol. The normalized spacial score (nSPS) is 32.4. The molecule has 3 heterocycles. The molecule has 0 radical (unpaired) electrons. The number of rotatable bonds is 3. The third kappa shape index (κ3) is 2.14. The molecule has 1 N–H and O–H groups in total. The van der Waals surface area contributed by atoms with Gasteiger partial charge in [-0.15, -0.1) is 0 Å². The van der Waals surface area contributed by atoms with Gasteiger partial charge in [-0.25, -0.2) is 4.98 Å². The van der Waals surface area contributed by atoms with Gasteiger partial charge in [0.05, 0.1) is 0 Å². The third-order valence-electron chi connectivity index (χ3n) is 4.53. The molecule has 18 heavy (non-hydrogen) atoms. The zero-order chi connectivity index (χ0) is 11.9. The molecule has 3 fully saturated rings. The minimum absolute atomic E-state index is 0.615. The van der Waals surface area contributed by atoms with E-state index in [0.29, 0.717) is 12.0 Å². The SMILES string of the molecule is C1CC2CC(Nc3nc(C4CC4)ns3)CCN2C1. The number of anilines is 1. The molecule has 2 aliphatic heterocycles. The van der Waals surface area contributed by atoms with E-state index < -0.39 is 0 Å². The maximum Gasteiger partial charge on any atom is 0.202 e. The number of fused-ring (bicyclic) bond motifs is 1. The molecule has 3 aliphatic rings. The van der Waals surface area contributed by atoms with Crippen LogP contribution in [0.5, 0.6) is 0 Å². The second-order valence-electron chi connectivity index (χ2n) is 5.93. The molecule has 2 unspecified atom stereocenters. The first-order valence-corrected chi connectivity index (χ1v) is 8.00. The molecule has 1 aliphatic carbocycles. The minimum Gasteiger partial charge on any atom is -0.357 e. The lowest BCUT2D eigenvalue weighted by Gasteiger charge is -2.34. The van der Waals surface area contributed by atoms with Gasteiger partial charge >= 0.3 is 0 Å². The van der Waals surface area contributed by atoms with Gasteiger partial charge in [0.2, 0.25) is 5.13 Å². The molecule has 4 nitrogen and oxygen atoms in total. The quantitative estimate of drug-likeness (QED) is 0.910. The smallest absolute Gasteiger partial charge is 0.202 e. The summed E-state index contributed by atoms with van der Waals surface area (Å²) in [6.45, 7) is 2.58. The Morgan fingerprint density at radius 1 is 1.17 bits per heavy atom. The van der Waals surface area contributed by atoms with Crippen LogP contribution in [-0.2, 0) is 0 Å². The van der Waals surface area contributed by atoms with Crippen LogP contribution in [0.2, 0.25) is 0 Å². The molecule has 0 bridgehead atoms. The highest BCUT2D eigenvalue weighted by Gasteiger charge is 2.32. The molecular weight excluding hydrogens is 244 g/mol. The molecule has 0 aromatic carbocycles. The van der Waals surface area contributed by atoms with Gasteiger partial charge in [-0.1, -0.05) is 0 Å². The summed E-state index contributed by atoms with van der Waals surface area (Å²) in [6, 6.07) is 1.44. The summed E-state index contributed by atoms with van der Waals surface area (Å²) in [5.41, 5.74) is 0. The van der Waals surface area contributed by atoms with Crippen LogP contribution in [0, 0.1) is 0 Å². The standard InChI is InChI=1S/C13H20N4S/c1-2-11-8-10(5-7-17(11)6-1)14-13-15-12(16-18-13)9-3-4-9/h9-11H,1-8H2,(H,14,15,16). The summed E-state index contributed by atoms with van der Waals surface area (Å²) in [6.07, 6.45) is 7.91. The summed E-state index contributed by atoms with van der Waals surface area (Å²) < 4.78 is 4.47. The van der Waals surface area contributed by atoms with Gasteiger partial charge in [0.1, 0.15) is 5.82 Å². The van der Waals surface area contributed by atoms with E-state index in [1.165, 1.54) is 51.6 Å². The highest BCUT2D eigenvalue weighted by Crippen LogP contribution is 2.39. The van der Waals surface area contributed by atoms with Crippen LogP contribution in [0.4, 0.5) is 5.13 Å². The van der Waals surface area contributed by atoms with Crippen LogP contribution in [0.1, 0.15) is 50.3 Å². The van der Waals surface area contributed by atoms with Crippen LogP contribution in [0.25, 0.3) is 0 Å². The van der Waals surface area contributed by atoms with Crippen molar-refractivity contribution in [1.29, 1.82) is 0 Å². The predicted molar refractivity (Wildman–Crippen MR) is 73.1 cm³/mol. The van der Waals surface area contributed by atoms with Crippen molar-refractivity contribution in [2.45, 2.75) is 56.5 Å². The second kappa shape index (κ2) is 4.46. The lowest BCUT2D eigenvalue weighted by Crippen LogP contribution is -2.42. The van der Waals surface area contributed by atoms with E-state index in [1.54, 1.807) is 11.5 Å². The number of hydrogen-bond acceptors (Lipinski definition) is 5. The van der Waals surface area contributed by atoms with Crippen molar-refractivity contribution in [3.8, 4) is 0 Å². The maximum atomic E-state index is 4.63. The van der Waals surface area contributed by atoms with Crippen molar-refractivity contribution in [3.05, 3.63) is 5.82 Å². The number of nitrogens with zero attached hydrogens (tertiary/aromatic N) is 3. The van der Waals surface area contributed by atoms with Crippen molar-refractivity contribution in [3.63, 3.8) is 0 Å². The number of piperidine rings is 1. The molecule has 0 amide bonds. The van der Waals surface area contributed by atoms with Crippen LogP contribution in [-0.4, -0.2) is 39.4 Å². The fourth-order valence-corrected chi connectivity index (χ4v) is 4.05. The van der Waals surface area contributed by atoms with Crippen LogP contribution in [0.15, 0.2) is 0 Å². The lowest BCUT2D eigenvalue weighted by atomic mass is 9.98. The van der Waals surface area contributed by atoms with Gasteiger partial charge in [0, 0.05) is 36.1 Å². The predicted octanol–water partition coefficient (Wildman–Crippen LogP) is 2.45. The molecule has 2 saturated heterocycles. The average Bonchev–Trinajstić information content (AvgIpc) is 2.95. The Kier molecular flexibility index (Phi) is 2.77. The molecule has 98 valence electrons. The van der Waals surface area contributed by atoms with Crippen LogP contribution >= 0.6 is 11.5 Å². The van der Waals surface area contributed by atoms with Crippen molar-refractivity contribution >= 4 is 16.7 Å². The minimum atomic E-state index is 0.615. The van der Waals surface area contributed by atoms with E-state index in [4.69, 9.17) is 0 Å². The van der Waals surface area contributed by atoms with Crippen molar-refractivity contribution in [1.82, 2.24) is 14.3 Å². The van der Waals surface area contributed by atoms with Gasteiger partial charge in [-0.2, -0.15) is 4.37 Å². The van der Waals surface area contributed by atoms with E-state index in [9.17, 15) is 0 Å². The van der Waals surface area contributed by atoms with Crippen LogP contribution in [0.3, 0.4) is 0 Å². The van der Waals surface area contributed by atoms with Gasteiger partial charge < -0.3 is 10.2 Å². The van der Waals surface area contributed by atoms with Gasteiger partial charge in [0.25, 0.3) is 0 Å².